The molecule has 0 spiro atoms. The third kappa shape index (κ3) is 4.80. The molecule has 0 aliphatic carbocycles. The van der Waals surface area contributed by atoms with Crippen LogP contribution in [0, 0.1) is 5.82 Å². The van der Waals surface area contributed by atoms with Crippen LogP contribution in [0.1, 0.15) is 60.8 Å². The number of anilines is 1. The molecular weight excluding hydrogens is 553 g/mol. The van der Waals surface area contributed by atoms with E-state index in [-0.39, 0.29) is 16.8 Å². The molecule has 0 radical (unpaired) electrons. The summed E-state index contributed by atoms with van der Waals surface area (Å²) in [5, 5.41) is 0.359. The summed E-state index contributed by atoms with van der Waals surface area (Å²) in [6, 6.07) is 15.3. The molecule has 1 unspecified atom stereocenters. The first-order valence-corrected chi connectivity index (χ1v) is 13.5. The lowest BCUT2D eigenvalue weighted by molar-refractivity contribution is 0.0971. The third-order valence-corrected chi connectivity index (χ3v) is 7.02. The number of amides is 1. The third-order valence-electron chi connectivity index (χ3n) is 6.53. The van der Waals surface area contributed by atoms with Crippen molar-refractivity contribution in [1.29, 1.82) is 0 Å². The van der Waals surface area contributed by atoms with E-state index in [0.29, 0.717) is 46.9 Å². The van der Waals surface area contributed by atoms with Crippen LogP contribution >= 0.6 is 15.9 Å². The largest absolute Gasteiger partial charge is 0.490 e. The molecule has 3 aromatic carbocycles. The number of ether oxygens (including phenoxy) is 2. The van der Waals surface area contributed by atoms with Crippen LogP contribution in [0.2, 0.25) is 0 Å². The fourth-order valence-electron chi connectivity index (χ4n) is 4.74. The minimum absolute atomic E-state index is 0.0306. The van der Waals surface area contributed by atoms with Gasteiger partial charge in [-0.05, 0) is 73.5 Å². The van der Waals surface area contributed by atoms with E-state index in [1.165, 1.54) is 29.2 Å². The molecular formula is C30H27BrFNO5. The number of halogens is 2. The van der Waals surface area contributed by atoms with Crippen LogP contribution in [0.5, 0.6) is 11.5 Å². The molecule has 1 aliphatic heterocycles. The topological polar surface area (TPSA) is 69.0 Å². The van der Waals surface area contributed by atoms with Gasteiger partial charge in [0.2, 0.25) is 5.76 Å². The lowest BCUT2D eigenvalue weighted by Gasteiger charge is -2.26. The van der Waals surface area contributed by atoms with E-state index in [4.69, 9.17) is 13.9 Å². The van der Waals surface area contributed by atoms with Gasteiger partial charge in [0.25, 0.3) is 5.91 Å². The SMILES string of the molecule is CCCCCOc1ccc(C2c3c(oc4ccc(Br)cc4c3=O)C(=O)N2c2ccc(F)cc2)cc1OCC. The summed E-state index contributed by atoms with van der Waals surface area (Å²) in [4.78, 5) is 29.0. The van der Waals surface area contributed by atoms with Crippen molar-refractivity contribution in [3.05, 3.63) is 98.1 Å². The number of rotatable bonds is 9. The van der Waals surface area contributed by atoms with Crippen molar-refractivity contribution < 1.29 is 23.1 Å². The van der Waals surface area contributed by atoms with Gasteiger partial charge >= 0.3 is 0 Å². The maximum absolute atomic E-state index is 13.8. The summed E-state index contributed by atoms with van der Waals surface area (Å²) in [7, 11) is 0. The van der Waals surface area contributed by atoms with Gasteiger partial charge in [0.05, 0.1) is 30.2 Å². The van der Waals surface area contributed by atoms with Crippen LogP contribution in [0.3, 0.4) is 0 Å². The van der Waals surface area contributed by atoms with E-state index >= 15 is 0 Å². The van der Waals surface area contributed by atoms with Crippen LogP contribution in [-0.4, -0.2) is 19.1 Å². The second-order valence-electron chi connectivity index (χ2n) is 9.06. The van der Waals surface area contributed by atoms with Gasteiger partial charge in [-0.2, -0.15) is 0 Å². The van der Waals surface area contributed by atoms with Gasteiger partial charge in [-0.25, -0.2) is 4.39 Å². The summed E-state index contributed by atoms with van der Waals surface area (Å²) < 4.78 is 32.4. The van der Waals surface area contributed by atoms with Crippen molar-refractivity contribution in [1.82, 2.24) is 0 Å². The van der Waals surface area contributed by atoms with Gasteiger partial charge in [-0.1, -0.05) is 41.8 Å². The van der Waals surface area contributed by atoms with E-state index in [0.717, 1.165) is 23.7 Å². The molecule has 0 saturated heterocycles. The molecule has 0 saturated carbocycles. The summed E-state index contributed by atoms with van der Waals surface area (Å²) in [6.07, 6.45) is 3.08. The Labute approximate surface area is 228 Å². The highest BCUT2D eigenvalue weighted by Gasteiger charge is 2.44. The van der Waals surface area contributed by atoms with Crippen molar-refractivity contribution in [2.45, 2.75) is 39.2 Å². The molecule has 4 aromatic rings. The first kappa shape index (κ1) is 26.0. The predicted molar refractivity (Wildman–Crippen MR) is 148 cm³/mol. The number of benzene rings is 3. The number of hydrogen-bond donors (Lipinski definition) is 0. The van der Waals surface area contributed by atoms with E-state index in [9.17, 15) is 14.0 Å². The van der Waals surface area contributed by atoms with Crippen molar-refractivity contribution in [3.63, 3.8) is 0 Å². The Balaban J connectivity index is 1.68. The van der Waals surface area contributed by atoms with Crippen LogP contribution in [0.4, 0.5) is 10.1 Å². The fourth-order valence-corrected chi connectivity index (χ4v) is 5.11. The molecule has 1 atom stereocenters. The first-order chi connectivity index (χ1) is 18.4. The molecule has 1 aliphatic rings. The maximum atomic E-state index is 13.8. The average molecular weight is 580 g/mol. The van der Waals surface area contributed by atoms with Gasteiger partial charge in [-0.3, -0.25) is 14.5 Å². The fraction of sp³-hybridized carbons (Fsp3) is 0.267. The van der Waals surface area contributed by atoms with E-state index in [1.54, 1.807) is 30.3 Å². The van der Waals surface area contributed by atoms with E-state index in [1.807, 2.05) is 13.0 Å². The zero-order valence-electron chi connectivity index (χ0n) is 21.1. The Hall–Kier alpha value is -3.65. The van der Waals surface area contributed by atoms with Gasteiger partial charge in [0, 0.05) is 10.2 Å². The number of hydrogen-bond acceptors (Lipinski definition) is 5. The van der Waals surface area contributed by atoms with E-state index < -0.39 is 17.8 Å². The van der Waals surface area contributed by atoms with Crippen LogP contribution < -0.4 is 19.8 Å². The summed E-state index contributed by atoms with van der Waals surface area (Å²) >= 11 is 3.42. The van der Waals surface area contributed by atoms with Gasteiger partial charge < -0.3 is 13.9 Å². The molecule has 1 amide bonds. The number of nitrogens with zero attached hydrogens (tertiary/aromatic N) is 1. The van der Waals surface area contributed by atoms with Crippen molar-refractivity contribution >= 4 is 38.5 Å². The van der Waals surface area contributed by atoms with Gasteiger partial charge in [0.15, 0.2) is 16.9 Å². The number of unbranched alkanes of at least 4 members (excludes halogenated alkanes) is 2. The Morgan fingerprint density at radius 1 is 0.947 bits per heavy atom. The standard InChI is InChI=1S/C30H27BrFNO5/c1-3-5-6-15-37-24-13-7-18(16-25(24)36-4-2)27-26-28(34)22-17-19(31)8-14-23(22)38-29(26)30(35)33(27)21-11-9-20(32)10-12-21/h7-14,16-17,27H,3-6,15H2,1-2H3. The second-order valence-corrected chi connectivity index (χ2v) is 9.98. The molecule has 196 valence electrons. The Morgan fingerprint density at radius 3 is 2.47 bits per heavy atom. The van der Waals surface area contributed by atoms with Crippen molar-refractivity contribution in [3.8, 4) is 11.5 Å². The lowest BCUT2D eigenvalue weighted by atomic mass is 9.97. The number of carbonyl (C=O) groups excluding carboxylic acids is 1. The number of carbonyl (C=O) groups is 1. The Morgan fingerprint density at radius 2 is 1.74 bits per heavy atom. The first-order valence-electron chi connectivity index (χ1n) is 12.7. The van der Waals surface area contributed by atoms with Gasteiger partial charge in [-0.15, -0.1) is 0 Å². The smallest absolute Gasteiger partial charge is 0.295 e. The monoisotopic (exact) mass is 579 g/mol. The molecule has 0 fully saturated rings. The summed E-state index contributed by atoms with van der Waals surface area (Å²) in [5.41, 5.74) is 1.32. The minimum atomic E-state index is -0.809. The summed E-state index contributed by atoms with van der Waals surface area (Å²) in [6.45, 7) is 4.99. The highest BCUT2D eigenvalue weighted by Crippen LogP contribution is 2.43. The quantitative estimate of drug-likeness (QED) is 0.193. The van der Waals surface area contributed by atoms with Gasteiger partial charge in [0.1, 0.15) is 11.4 Å². The highest BCUT2D eigenvalue weighted by molar-refractivity contribution is 9.10. The van der Waals surface area contributed by atoms with Crippen LogP contribution in [-0.2, 0) is 0 Å². The van der Waals surface area contributed by atoms with Crippen LogP contribution in [0.15, 0.2) is 74.3 Å². The molecule has 8 heteroatoms. The summed E-state index contributed by atoms with van der Waals surface area (Å²) in [5.74, 6) is 0.185. The minimum Gasteiger partial charge on any atom is -0.490 e. The predicted octanol–water partition coefficient (Wildman–Crippen LogP) is 7.41. The molecule has 2 heterocycles. The zero-order chi connectivity index (χ0) is 26.8. The van der Waals surface area contributed by atoms with E-state index in [2.05, 4.69) is 22.9 Å². The highest BCUT2D eigenvalue weighted by atomic mass is 79.9. The molecule has 38 heavy (non-hydrogen) atoms. The zero-order valence-corrected chi connectivity index (χ0v) is 22.7. The van der Waals surface area contributed by atoms with Crippen LogP contribution in [0.25, 0.3) is 11.0 Å². The second kappa shape index (κ2) is 11.0. The van der Waals surface area contributed by atoms with Crippen molar-refractivity contribution in [2.24, 2.45) is 0 Å². The Bertz CT molecular complexity index is 1550. The normalized spacial score (nSPS) is 14.7. The molecule has 0 bridgehead atoms. The Kier molecular flexibility index (Phi) is 7.51. The molecule has 6 nitrogen and oxygen atoms in total. The molecule has 0 N–H and O–H groups in total. The van der Waals surface area contributed by atoms with Crippen molar-refractivity contribution in [2.75, 3.05) is 18.1 Å². The number of fused-ring (bicyclic) bond motifs is 2. The average Bonchev–Trinajstić information content (AvgIpc) is 3.20. The molecule has 1 aromatic heterocycles. The lowest BCUT2D eigenvalue weighted by Crippen LogP contribution is -2.29. The maximum Gasteiger partial charge on any atom is 0.295 e. The molecule has 5 rings (SSSR count).